The molecule has 0 unspecified atom stereocenters. The summed E-state index contributed by atoms with van der Waals surface area (Å²) in [6.45, 7) is 12.1. The van der Waals surface area contributed by atoms with E-state index in [4.69, 9.17) is 12.2 Å². The van der Waals surface area contributed by atoms with Crippen LogP contribution in [-0.2, 0) is 12.0 Å². The summed E-state index contributed by atoms with van der Waals surface area (Å²) in [4.78, 5) is 3.16. The van der Waals surface area contributed by atoms with Gasteiger partial charge in [-0.3, -0.25) is 0 Å². The van der Waals surface area contributed by atoms with Gasteiger partial charge in [0.05, 0.1) is 0 Å². The molecule has 1 aromatic heterocycles. The minimum atomic E-state index is 0.127. The highest BCUT2D eigenvalue weighted by molar-refractivity contribution is 7.99. The first-order valence-electron chi connectivity index (χ1n) is 5.51. The third-order valence-electron chi connectivity index (χ3n) is 2.73. The van der Waals surface area contributed by atoms with Crippen molar-refractivity contribution in [2.45, 2.75) is 51.3 Å². The zero-order valence-electron chi connectivity index (χ0n) is 11.0. The number of rotatable bonds is 3. The lowest BCUT2D eigenvalue weighted by Gasteiger charge is -2.27. The summed E-state index contributed by atoms with van der Waals surface area (Å²) in [6.07, 6.45) is 4.19. The molecule has 0 atom stereocenters. The Morgan fingerprint density at radius 3 is 2.31 bits per heavy atom. The Morgan fingerprint density at radius 1 is 1.31 bits per heavy atom. The first-order chi connectivity index (χ1) is 7.17. The molecule has 0 spiro atoms. The van der Waals surface area contributed by atoms with Crippen molar-refractivity contribution < 1.29 is 0 Å². The fourth-order valence-electron chi connectivity index (χ4n) is 1.62. The number of H-pyrrole nitrogens is 1. The monoisotopic (exact) mass is 258 g/mol. The van der Waals surface area contributed by atoms with Crippen LogP contribution in [0.5, 0.6) is 0 Å². The van der Waals surface area contributed by atoms with Crippen molar-refractivity contribution in [2.75, 3.05) is 6.26 Å². The van der Waals surface area contributed by atoms with Crippen LogP contribution in [0.4, 0.5) is 0 Å². The molecular formula is C12H22N2S2. The van der Waals surface area contributed by atoms with Crippen molar-refractivity contribution in [2.24, 2.45) is 0 Å². The topological polar surface area (TPSA) is 20.7 Å². The van der Waals surface area contributed by atoms with Gasteiger partial charge < -0.3 is 9.55 Å². The van der Waals surface area contributed by atoms with Crippen LogP contribution in [0.25, 0.3) is 0 Å². The fourth-order valence-corrected chi connectivity index (χ4v) is 2.10. The maximum absolute atomic E-state index is 5.36. The summed E-state index contributed by atoms with van der Waals surface area (Å²) >= 11 is 7.23. The molecule has 1 heterocycles. The molecule has 0 bridgehead atoms. The lowest BCUT2D eigenvalue weighted by molar-refractivity contribution is 0.481. The number of nitrogens with one attached hydrogen (secondary N) is 1. The van der Waals surface area contributed by atoms with Gasteiger partial charge in [-0.1, -0.05) is 20.8 Å². The minimum Gasteiger partial charge on any atom is -0.337 e. The van der Waals surface area contributed by atoms with Gasteiger partial charge in [-0.05, 0) is 32.3 Å². The van der Waals surface area contributed by atoms with Gasteiger partial charge in [-0.15, -0.1) is 0 Å². The second kappa shape index (κ2) is 4.57. The fraction of sp³-hybridized carbons (Fsp3) is 0.750. The van der Waals surface area contributed by atoms with E-state index in [1.54, 1.807) is 0 Å². The van der Waals surface area contributed by atoms with E-state index in [1.807, 2.05) is 18.0 Å². The van der Waals surface area contributed by atoms with Crippen molar-refractivity contribution in [3.63, 3.8) is 0 Å². The highest BCUT2D eigenvalue weighted by Gasteiger charge is 2.24. The summed E-state index contributed by atoms with van der Waals surface area (Å²) in [7, 11) is 0. The van der Waals surface area contributed by atoms with E-state index in [0.717, 1.165) is 11.3 Å². The molecule has 2 nitrogen and oxygen atoms in total. The van der Waals surface area contributed by atoms with Crippen LogP contribution in [0, 0.1) is 4.77 Å². The number of imidazole rings is 1. The second-order valence-electron chi connectivity index (χ2n) is 5.78. The molecule has 4 heteroatoms. The van der Waals surface area contributed by atoms with Gasteiger partial charge in [0.25, 0.3) is 0 Å². The van der Waals surface area contributed by atoms with E-state index in [-0.39, 0.29) is 10.2 Å². The lowest BCUT2D eigenvalue weighted by atomic mass is 9.92. The SMILES string of the molecule is CSC(C)(C)Cn1c(C(C)(C)C)c[nH]c1=S. The Balaban J connectivity index is 3.14. The molecule has 0 saturated heterocycles. The number of nitrogens with zero attached hydrogens (tertiary/aromatic N) is 1. The highest BCUT2D eigenvalue weighted by atomic mass is 32.2. The van der Waals surface area contributed by atoms with Crippen LogP contribution in [0.1, 0.15) is 40.3 Å². The molecule has 1 rings (SSSR count). The lowest BCUT2D eigenvalue weighted by Crippen LogP contribution is -2.27. The molecule has 0 aliphatic carbocycles. The van der Waals surface area contributed by atoms with E-state index in [1.165, 1.54) is 5.69 Å². The number of thioether (sulfide) groups is 1. The van der Waals surface area contributed by atoms with Crippen molar-refractivity contribution in [1.29, 1.82) is 0 Å². The van der Waals surface area contributed by atoms with Crippen molar-refractivity contribution in [3.05, 3.63) is 16.7 Å². The van der Waals surface area contributed by atoms with E-state index in [9.17, 15) is 0 Å². The number of aromatic nitrogens is 2. The summed E-state index contributed by atoms with van der Waals surface area (Å²) in [5.41, 5.74) is 1.40. The Kier molecular flexibility index (Phi) is 3.95. The zero-order chi connectivity index (χ0) is 12.6. The van der Waals surface area contributed by atoms with Gasteiger partial charge in [-0.25, -0.2) is 0 Å². The quantitative estimate of drug-likeness (QED) is 0.828. The van der Waals surface area contributed by atoms with E-state index in [2.05, 4.69) is 50.4 Å². The number of hydrogen-bond acceptors (Lipinski definition) is 2. The van der Waals surface area contributed by atoms with Gasteiger partial charge in [-0.2, -0.15) is 11.8 Å². The van der Waals surface area contributed by atoms with Gasteiger partial charge in [0.2, 0.25) is 0 Å². The smallest absolute Gasteiger partial charge is 0.177 e. The third kappa shape index (κ3) is 3.14. The molecule has 92 valence electrons. The summed E-state index contributed by atoms with van der Waals surface area (Å²) in [6, 6.07) is 0. The van der Waals surface area contributed by atoms with Gasteiger partial charge in [0, 0.05) is 28.6 Å². The number of aromatic amines is 1. The first-order valence-corrected chi connectivity index (χ1v) is 7.14. The highest BCUT2D eigenvalue weighted by Crippen LogP contribution is 2.28. The molecule has 0 fully saturated rings. The molecule has 0 radical (unpaired) electrons. The van der Waals surface area contributed by atoms with Gasteiger partial charge in [0.15, 0.2) is 4.77 Å². The Bertz CT molecular complexity index is 407. The molecule has 0 aromatic carbocycles. The second-order valence-corrected chi connectivity index (χ2v) is 7.68. The van der Waals surface area contributed by atoms with Crippen LogP contribution in [-0.4, -0.2) is 20.6 Å². The van der Waals surface area contributed by atoms with Crippen LogP contribution < -0.4 is 0 Å². The van der Waals surface area contributed by atoms with Crippen LogP contribution in [0.15, 0.2) is 6.20 Å². The molecule has 1 aromatic rings. The standard InChI is InChI=1S/C12H22N2S2/c1-11(2,3)9-7-13-10(15)14(9)8-12(4,5)16-6/h7H,8H2,1-6H3,(H,13,15). The Labute approximate surface area is 108 Å². The average Bonchev–Trinajstić information content (AvgIpc) is 2.47. The van der Waals surface area contributed by atoms with Crippen molar-refractivity contribution in [3.8, 4) is 0 Å². The normalized spacial score (nSPS) is 13.1. The van der Waals surface area contributed by atoms with Crippen LogP contribution >= 0.6 is 24.0 Å². The van der Waals surface area contributed by atoms with Crippen molar-refractivity contribution in [1.82, 2.24) is 9.55 Å². The third-order valence-corrected chi connectivity index (χ3v) is 4.30. The zero-order valence-corrected chi connectivity index (χ0v) is 12.7. The van der Waals surface area contributed by atoms with Gasteiger partial charge in [0.1, 0.15) is 0 Å². The molecular weight excluding hydrogens is 236 g/mol. The Morgan fingerprint density at radius 2 is 1.88 bits per heavy atom. The van der Waals surface area contributed by atoms with Gasteiger partial charge >= 0.3 is 0 Å². The molecule has 0 saturated carbocycles. The van der Waals surface area contributed by atoms with E-state index >= 15 is 0 Å². The van der Waals surface area contributed by atoms with Crippen molar-refractivity contribution >= 4 is 24.0 Å². The molecule has 1 N–H and O–H groups in total. The maximum Gasteiger partial charge on any atom is 0.177 e. The summed E-state index contributed by atoms with van der Waals surface area (Å²) in [5, 5.41) is 0. The van der Waals surface area contributed by atoms with Crippen LogP contribution in [0.3, 0.4) is 0 Å². The minimum absolute atomic E-state index is 0.127. The first kappa shape index (κ1) is 13.8. The average molecular weight is 258 g/mol. The summed E-state index contributed by atoms with van der Waals surface area (Å²) in [5.74, 6) is 0. The molecule has 0 aliphatic rings. The largest absolute Gasteiger partial charge is 0.337 e. The number of hydrogen-bond donors (Lipinski definition) is 1. The molecule has 0 amide bonds. The molecule has 16 heavy (non-hydrogen) atoms. The van der Waals surface area contributed by atoms with Crippen LogP contribution in [0.2, 0.25) is 0 Å². The predicted molar refractivity (Wildman–Crippen MR) is 75.9 cm³/mol. The van der Waals surface area contributed by atoms with E-state index in [0.29, 0.717) is 0 Å². The molecule has 0 aliphatic heterocycles. The van der Waals surface area contributed by atoms with E-state index < -0.39 is 0 Å². The Hall–Kier alpha value is -0.220. The maximum atomic E-state index is 5.36. The predicted octanol–water partition coefficient (Wildman–Crippen LogP) is 3.98. The summed E-state index contributed by atoms with van der Waals surface area (Å²) < 4.78 is 3.26.